The first-order chi connectivity index (χ1) is 13.1. The standard InChI is InChI=1S/C23H28N2O2/c1-18(2)25-17-23(20-10-6-7-11-21(20)25)12-14-24(15-13-23)22(26)27-16-19-8-4-3-5-9-19/h3-11,18H,12-17H2,1-2H3. The van der Waals surface area contributed by atoms with Crippen molar-refractivity contribution in [3.05, 3.63) is 65.7 Å². The largest absolute Gasteiger partial charge is 0.445 e. The minimum atomic E-state index is -0.194. The van der Waals surface area contributed by atoms with Crippen LogP contribution in [-0.2, 0) is 16.8 Å². The van der Waals surface area contributed by atoms with Gasteiger partial charge < -0.3 is 14.5 Å². The van der Waals surface area contributed by atoms with Crippen LogP contribution in [0.2, 0.25) is 0 Å². The van der Waals surface area contributed by atoms with Crippen LogP contribution in [0.3, 0.4) is 0 Å². The van der Waals surface area contributed by atoms with Gasteiger partial charge in [-0.1, -0.05) is 48.5 Å². The summed E-state index contributed by atoms with van der Waals surface area (Å²) in [4.78, 5) is 16.9. The molecule has 4 heteroatoms. The van der Waals surface area contributed by atoms with Gasteiger partial charge in [-0.2, -0.15) is 0 Å². The molecule has 1 fully saturated rings. The fraction of sp³-hybridized carbons (Fsp3) is 0.435. The summed E-state index contributed by atoms with van der Waals surface area (Å²) in [7, 11) is 0. The number of amides is 1. The van der Waals surface area contributed by atoms with E-state index in [1.54, 1.807) is 0 Å². The molecule has 1 saturated heterocycles. The van der Waals surface area contributed by atoms with Gasteiger partial charge in [-0.15, -0.1) is 0 Å². The summed E-state index contributed by atoms with van der Waals surface area (Å²) in [5.41, 5.74) is 4.01. The van der Waals surface area contributed by atoms with Gasteiger partial charge in [0, 0.05) is 36.8 Å². The molecule has 2 aliphatic heterocycles. The lowest BCUT2D eigenvalue weighted by atomic mass is 9.74. The van der Waals surface area contributed by atoms with Crippen LogP contribution in [0.15, 0.2) is 54.6 Å². The van der Waals surface area contributed by atoms with Crippen molar-refractivity contribution in [1.29, 1.82) is 0 Å². The first kappa shape index (κ1) is 17.9. The lowest BCUT2D eigenvalue weighted by Crippen LogP contribution is -2.48. The molecule has 0 radical (unpaired) electrons. The van der Waals surface area contributed by atoms with E-state index < -0.39 is 0 Å². The molecule has 142 valence electrons. The van der Waals surface area contributed by atoms with E-state index in [9.17, 15) is 4.79 Å². The molecule has 2 aliphatic rings. The highest BCUT2D eigenvalue weighted by Gasteiger charge is 2.45. The second kappa shape index (κ2) is 7.26. The van der Waals surface area contributed by atoms with Gasteiger partial charge in [0.15, 0.2) is 0 Å². The number of para-hydroxylation sites is 1. The topological polar surface area (TPSA) is 32.8 Å². The second-order valence-corrected chi connectivity index (χ2v) is 8.05. The maximum atomic E-state index is 12.5. The maximum absolute atomic E-state index is 12.5. The summed E-state index contributed by atoms with van der Waals surface area (Å²) < 4.78 is 5.52. The number of likely N-dealkylation sites (tertiary alicyclic amines) is 1. The van der Waals surface area contributed by atoms with Crippen molar-refractivity contribution >= 4 is 11.8 Å². The Balaban J connectivity index is 1.41. The zero-order valence-corrected chi connectivity index (χ0v) is 16.2. The molecule has 2 aromatic carbocycles. The Morgan fingerprint density at radius 2 is 1.70 bits per heavy atom. The molecule has 2 aromatic rings. The molecule has 4 nitrogen and oxygen atoms in total. The van der Waals surface area contributed by atoms with Crippen LogP contribution in [0.1, 0.15) is 37.8 Å². The Kier molecular flexibility index (Phi) is 4.81. The summed E-state index contributed by atoms with van der Waals surface area (Å²) in [5.74, 6) is 0. The minimum Gasteiger partial charge on any atom is -0.445 e. The van der Waals surface area contributed by atoms with E-state index in [0.717, 1.165) is 38.0 Å². The summed E-state index contributed by atoms with van der Waals surface area (Å²) >= 11 is 0. The normalized spacial score (nSPS) is 18.0. The fourth-order valence-electron chi connectivity index (χ4n) is 4.49. The number of benzene rings is 2. The summed E-state index contributed by atoms with van der Waals surface area (Å²) in [6.07, 6.45) is 1.79. The number of anilines is 1. The molecule has 2 heterocycles. The summed E-state index contributed by atoms with van der Waals surface area (Å²) in [6, 6.07) is 19.1. The highest BCUT2D eigenvalue weighted by Crippen LogP contribution is 2.47. The molecule has 4 rings (SSSR count). The number of carbonyl (C=O) groups excluding carboxylic acids is 1. The van der Waals surface area contributed by atoms with E-state index in [2.05, 4.69) is 43.0 Å². The number of nitrogens with zero attached hydrogens (tertiary/aromatic N) is 2. The van der Waals surface area contributed by atoms with Crippen molar-refractivity contribution < 1.29 is 9.53 Å². The molecule has 0 aliphatic carbocycles. The number of hydrogen-bond donors (Lipinski definition) is 0. The molecule has 0 atom stereocenters. The predicted molar refractivity (Wildman–Crippen MR) is 108 cm³/mol. The molecule has 0 aromatic heterocycles. The van der Waals surface area contributed by atoms with Gasteiger partial charge in [0.25, 0.3) is 0 Å². The Morgan fingerprint density at radius 3 is 2.41 bits per heavy atom. The summed E-state index contributed by atoms with van der Waals surface area (Å²) in [6.45, 7) is 7.42. The number of rotatable bonds is 3. The number of carbonyl (C=O) groups is 1. The lowest BCUT2D eigenvalue weighted by Gasteiger charge is -2.40. The van der Waals surface area contributed by atoms with Crippen molar-refractivity contribution in [3.63, 3.8) is 0 Å². The van der Waals surface area contributed by atoms with Crippen LogP contribution in [0.5, 0.6) is 0 Å². The molecule has 0 N–H and O–H groups in total. The first-order valence-corrected chi connectivity index (χ1v) is 9.91. The van der Waals surface area contributed by atoms with E-state index >= 15 is 0 Å². The molecule has 1 amide bonds. The second-order valence-electron chi connectivity index (χ2n) is 8.05. The van der Waals surface area contributed by atoms with Gasteiger partial charge in [0.1, 0.15) is 6.61 Å². The third kappa shape index (κ3) is 3.41. The highest BCUT2D eigenvalue weighted by atomic mass is 16.6. The Labute approximate surface area is 161 Å². The molecule has 1 spiro atoms. The zero-order valence-electron chi connectivity index (χ0n) is 16.2. The van der Waals surface area contributed by atoms with Crippen molar-refractivity contribution in [2.75, 3.05) is 24.5 Å². The van der Waals surface area contributed by atoms with Gasteiger partial charge in [0.2, 0.25) is 0 Å². The van der Waals surface area contributed by atoms with Crippen LogP contribution in [0.25, 0.3) is 0 Å². The number of ether oxygens (including phenoxy) is 1. The monoisotopic (exact) mass is 364 g/mol. The Morgan fingerprint density at radius 1 is 1.04 bits per heavy atom. The quantitative estimate of drug-likeness (QED) is 0.799. The highest BCUT2D eigenvalue weighted by molar-refractivity contribution is 5.68. The maximum Gasteiger partial charge on any atom is 0.410 e. The van der Waals surface area contributed by atoms with E-state index in [1.165, 1.54) is 11.3 Å². The third-order valence-electron chi connectivity index (χ3n) is 6.07. The molecule has 0 saturated carbocycles. The molecule has 27 heavy (non-hydrogen) atoms. The van der Waals surface area contributed by atoms with E-state index in [1.807, 2.05) is 35.2 Å². The molecule has 0 bridgehead atoms. The summed E-state index contributed by atoms with van der Waals surface area (Å²) in [5, 5.41) is 0. The third-order valence-corrected chi connectivity index (χ3v) is 6.07. The van der Waals surface area contributed by atoms with Crippen LogP contribution in [-0.4, -0.2) is 36.7 Å². The predicted octanol–water partition coefficient (Wildman–Crippen LogP) is 4.59. The van der Waals surface area contributed by atoms with Gasteiger partial charge in [-0.25, -0.2) is 4.79 Å². The SMILES string of the molecule is CC(C)N1CC2(CCN(C(=O)OCc3ccccc3)CC2)c2ccccc21. The van der Waals surface area contributed by atoms with Crippen molar-refractivity contribution in [2.45, 2.75) is 44.8 Å². The van der Waals surface area contributed by atoms with Crippen LogP contribution in [0.4, 0.5) is 10.5 Å². The van der Waals surface area contributed by atoms with Crippen molar-refractivity contribution in [3.8, 4) is 0 Å². The average molecular weight is 364 g/mol. The van der Waals surface area contributed by atoms with Gasteiger partial charge in [-0.05, 0) is 43.9 Å². The first-order valence-electron chi connectivity index (χ1n) is 9.91. The lowest BCUT2D eigenvalue weighted by molar-refractivity contribution is 0.0788. The van der Waals surface area contributed by atoms with Crippen molar-refractivity contribution in [2.24, 2.45) is 0 Å². The van der Waals surface area contributed by atoms with Crippen LogP contribution in [0, 0.1) is 0 Å². The number of fused-ring (bicyclic) bond motifs is 2. The van der Waals surface area contributed by atoms with E-state index in [-0.39, 0.29) is 11.5 Å². The number of hydrogen-bond acceptors (Lipinski definition) is 3. The molecule has 0 unspecified atom stereocenters. The molecular weight excluding hydrogens is 336 g/mol. The van der Waals surface area contributed by atoms with E-state index in [0.29, 0.717) is 12.6 Å². The molecular formula is C23H28N2O2. The smallest absolute Gasteiger partial charge is 0.410 e. The van der Waals surface area contributed by atoms with Gasteiger partial charge >= 0.3 is 6.09 Å². The van der Waals surface area contributed by atoms with Crippen LogP contribution < -0.4 is 4.90 Å². The zero-order chi connectivity index (χ0) is 18.9. The van der Waals surface area contributed by atoms with Crippen molar-refractivity contribution in [1.82, 2.24) is 4.90 Å². The Bertz CT molecular complexity index is 795. The van der Waals surface area contributed by atoms with Gasteiger partial charge in [-0.3, -0.25) is 0 Å². The van der Waals surface area contributed by atoms with E-state index in [4.69, 9.17) is 4.74 Å². The van der Waals surface area contributed by atoms with Gasteiger partial charge in [0.05, 0.1) is 0 Å². The number of piperidine rings is 1. The van der Waals surface area contributed by atoms with Crippen LogP contribution >= 0.6 is 0 Å². The Hall–Kier alpha value is -2.49. The average Bonchev–Trinajstić information content (AvgIpc) is 3.02. The fourth-order valence-corrected chi connectivity index (χ4v) is 4.49. The minimum absolute atomic E-state index is 0.164.